The molecule has 80 valence electrons. The minimum atomic E-state index is -1.09. The summed E-state index contributed by atoms with van der Waals surface area (Å²) < 4.78 is 0. The quantitative estimate of drug-likeness (QED) is 0.776. The van der Waals surface area contributed by atoms with Gasteiger partial charge < -0.3 is 10.4 Å². The van der Waals surface area contributed by atoms with Gasteiger partial charge in [-0.2, -0.15) is 0 Å². The molecule has 0 spiro atoms. The van der Waals surface area contributed by atoms with Crippen molar-refractivity contribution < 1.29 is 14.7 Å². The number of benzene rings is 1. The van der Waals surface area contributed by atoms with Crippen LogP contribution in [0.5, 0.6) is 0 Å². The van der Waals surface area contributed by atoms with Crippen molar-refractivity contribution in [1.82, 2.24) is 0 Å². The molecule has 1 atom stereocenters. The van der Waals surface area contributed by atoms with Gasteiger partial charge in [-0.3, -0.25) is 4.79 Å². The molecular formula is C10H10ClNO3. The van der Waals surface area contributed by atoms with Crippen molar-refractivity contribution in [3.63, 3.8) is 0 Å². The number of rotatable bonds is 3. The van der Waals surface area contributed by atoms with Gasteiger partial charge in [0.15, 0.2) is 0 Å². The molecule has 0 heterocycles. The number of alkyl halides is 1. The Kier molecular flexibility index (Phi) is 3.68. The molecule has 1 amide bonds. The number of halogens is 1. The number of anilines is 1. The van der Waals surface area contributed by atoms with E-state index in [2.05, 4.69) is 5.32 Å². The highest BCUT2D eigenvalue weighted by molar-refractivity contribution is 6.32. The summed E-state index contributed by atoms with van der Waals surface area (Å²) in [7, 11) is 0. The summed E-state index contributed by atoms with van der Waals surface area (Å²) >= 11 is 5.55. The van der Waals surface area contributed by atoms with Gasteiger partial charge in [0.05, 0.1) is 11.3 Å². The van der Waals surface area contributed by atoms with E-state index in [1.165, 1.54) is 19.1 Å². The standard InChI is InChI=1S/C10H10ClNO3/c1-6(11)9(13)12-8-5-3-2-4-7(8)10(14)15/h2-6H,1H3,(H,12,13)(H,14,15)/t6-/m1/s1. The minimum absolute atomic E-state index is 0.0446. The van der Waals surface area contributed by atoms with Crippen LogP contribution in [0.4, 0.5) is 5.69 Å². The lowest BCUT2D eigenvalue weighted by molar-refractivity contribution is -0.115. The topological polar surface area (TPSA) is 66.4 Å². The number of para-hydroxylation sites is 1. The van der Waals surface area contributed by atoms with Gasteiger partial charge in [-0.15, -0.1) is 11.6 Å². The maximum atomic E-state index is 11.3. The minimum Gasteiger partial charge on any atom is -0.478 e. The lowest BCUT2D eigenvalue weighted by Gasteiger charge is -2.08. The first-order chi connectivity index (χ1) is 7.02. The fraction of sp³-hybridized carbons (Fsp3) is 0.200. The molecule has 4 nitrogen and oxygen atoms in total. The number of hydrogen-bond donors (Lipinski definition) is 2. The zero-order chi connectivity index (χ0) is 11.4. The first kappa shape index (κ1) is 11.5. The average Bonchev–Trinajstić information content (AvgIpc) is 2.18. The van der Waals surface area contributed by atoms with Crippen molar-refractivity contribution in [1.29, 1.82) is 0 Å². The fourth-order valence-corrected chi connectivity index (χ4v) is 1.07. The van der Waals surface area contributed by atoms with Crippen LogP contribution < -0.4 is 5.32 Å². The van der Waals surface area contributed by atoms with Crippen LogP contribution >= 0.6 is 11.6 Å². The molecule has 0 aliphatic heterocycles. The van der Waals surface area contributed by atoms with Gasteiger partial charge in [-0.1, -0.05) is 12.1 Å². The molecule has 0 saturated heterocycles. The van der Waals surface area contributed by atoms with Crippen LogP contribution in [0, 0.1) is 0 Å². The van der Waals surface area contributed by atoms with Crippen LogP contribution in [0.1, 0.15) is 17.3 Å². The molecule has 0 aromatic heterocycles. The molecule has 0 aliphatic rings. The van der Waals surface area contributed by atoms with Crippen molar-refractivity contribution >= 4 is 29.2 Å². The van der Waals surface area contributed by atoms with Crippen LogP contribution in [-0.4, -0.2) is 22.4 Å². The van der Waals surface area contributed by atoms with Crippen molar-refractivity contribution in [2.45, 2.75) is 12.3 Å². The zero-order valence-electron chi connectivity index (χ0n) is 8.03. The number of hydrogen-bond acceptors (Lipinski definition) is 2. The molecule has 5 heteroatoms. The number of nitrogens with one attached hydrogen (secondary N) is 1. The van der Waals surface area contributed by atoms with Crippen LogP contribution in [0.25, 0.3) is 0 Å². The molecule has 0 unspecified atom stereocenters. The smallest absolute Gasteiger partial charge is 0.337 e. The zero-order valence-corrected chi connectivity index (χ0v) is 8.78. The Bertz CT molecular complexity index is 390. The highest BCUT2D eigenvalue weighted by atomic mass is 35.5. The number of carbonyl (C=O) groups excluding carboxylic acids is 1. The molecule has 0 bridgehead atoms. The molecule has 15 heavy (non-hydrogen) atoms. The Balaban J connectivity index is 2.94. The highest BCUT2D eigenvalue weighted by Gasteiger charge is 2.14. The average molecular weight is 228 g/mol. The van der Waals surface area contributed by atoms with E-state index in [9.17, 15) is 9.59 Å². The van der Waals surface area contributed by atoms with Crippen LogP contribution in [0.2, 0.25) is 0 Å². The first-order valence-electron chi connectivity index (χ1n) is 4.29. The van der Waals surface area contributed by atoms with Crippen molar-refractivity contribution in [2.24, 2.45) is 0 Å². The second kappa shape index (κ2) is 4.79. The fourth-order valence-electron chi connectivity index (χ4n) is 1.01. The van der Waals surface area contributed by atoms with Crippen molar-refractivity contribution in [3.8, 4) is 0 Å². The van der Waals surface area contributed by atoms with Gasteiger partial charge in [-0.05, 0) is 19.1 Å². The second-order valence-electron chi connectivity index (χ2n) is 2.96. The van der Waals surface area contributed by atoms with Crippen LogP contribution in [0.3, 0.4) is 0 Å². The maximum absolute atomic E-state index is 11.3. The molecule has 2 N–H and O–H groups in total. The molecule has 1 rings (SSSR count). The van der Waals surface area contributed by atoms with Crippen LogP contribution in [-0.2, 0) is 4.79 Å². The van der Waals surface area contributed by atoms with Crippen molar-refractivity contribution in [3.05, 3.63) is 29.8 Å². The molecule has 1 aromatic rings. The van der Waals surface area contributed by atoms with E-state index < -0.39 is 17.3 Å². The monoisotopic (exact) mass is 227 g/mol. The molecule has 0 saturated carbocycles. The number of carbonyl (C=O) groups is 2. The molecule has 0 radical (unpaired) electrons. The number of carboxylic acid groups (broad SMARTS) is 1. The first-order valence-corrected chi connectivity index (χ1v) is 4.73. The molecule has 1 aromatic carbocycles. The van der Waals surface area contributed by atoms with E-state index >= 15 is 0 Å². The summed E-state index contributed by atoms with van der Waals surface area (Å²) in [6.07, 6.45) is 0. The Labute approximate surface area is 91.9 Å². The van der Waals surface area contributed by atoms with Crippen molar-refractivity contribution in [2.75, 3.05) is 5.32 Å². The number of amides is 1. The predicted octanol–water partition coefficient (Wildman–Crippen LogP) is 1.95. The van der Waals surface area contributed by atoms with Gasteiger partial charge in [-0.25, -0.2) is 4.79 Å². The van der Waals surface area contributed by atoms with E-state index in [1.54, 1.807) is 12.1 Å². The third kappa shape index (κ3) is 2.95. The van der Waals surface area contributed by atoms with Gasteiger partial charge in [0.1, 0.15) is 5.38 Å². The van der Waals surface area contributed by atoms with Gasteiger partial charge in [0, 0.05) is 0 Å². The normalized spacial score (nSPS) is 11.9. The molecular weight excluding hydrogens is 218 g/mol. The number of aromatic carboxylic acids is 1. The summed E-state index contributed by atoms with van der Waals surface area (Å²) in [5, 5.41) is 10.6. The summed E-state index contributed by atoms with van der Waals surface area (Å²) in [6, 6.07) is 6.15. The lowest BCUT2D eigenvalue weighted by Crippen LogP contribution is -2.21. The molecule has 0 fully saturated rings. The van der Waals surface area contributed by atoms with E-state index in [0.717, 1.165) is 0 Å². The lowest BCUT2D eigenvalue weighted by atomic mass is 10.2. The van der Waals surface area contributed by atoms with E-state index in [4.69, 9.17) is 16.7 Å². The summed E-state index contributed by atoms with van der Waals surface area (Å²) in [5.74, 6) is -1.52. The van der Waals surface area contributed by atoms with Gasteiger partial charge in [0.25, 0.3) is 0 Å². The van der Waals surface area contributed by atoms with E-state index in [-0.39, 0.29) is 11.3 Å². The van der Waals surface area contributed by atoms with Crippen LogP contribution in [0.15, 0.2) is 24.3 Å². The maximum Gasteiger partial charge on any atom is 0.337 e. The Morgan fingerprint density at radius 3 is 2.53 bits per heavy atom. The van der Waals surface area contributed by atoms with E-state index in [1.807, 2.05) is 0 Å². The van der Waals surface area contributed by atoms with Gasteiger partial charge >= 0.3 is 5.97 Å². The van der Waals surface area contributed by atoms with E-state index in [0.29, 0.717) is 0 Å². The Morgan fingerprint density at radius 1 is 1.40 bits per heavy atom. The third-order valence-corrected chi connectivity index (χ3v) is 1.97. The third-order valence-electron chi connectivity index (χ3n) is 1.78. The Morgan fingerprint density at radius 2 is 2.00 bits per heavy atom. The highest BCUT2D eigenvalue weighted by Crippen LogP contribution is 2.15. The summed E-state index contributed by atoms with van der Waals surface area (Å²) in [4.78, 5) is 22.0. The SMILES string of the molecule is C[C@@H](Cl)C(=O)Nc1ccccc1C(=O)O. The number of carboxylic acids is 1. The Hall–Kier alpha value is -1.55. The second-order valence-corrected chi connectivity index (χ2v) is 3.61. The summed E-state index contributed by atoms with van der Waals surface area (Å²) in [5.41, 5.74) is 0.297. The summed E-state index contributed by atoms with van der Waals surface area (Å²) in [6.45, 7) is 1.51. The largest absolute Gasteiger partial charge is 0.478 e. The predicted molar refractivity (Wildman–Crippen MR) is 57.3 cm³/mol. The molecule has 0 aliphatic carbocycles. The van der Waals surface area contributed by atoms with Gasteiger partial charge in [0.2, 0.25) is 5.91 Å².